The summed E-state index contributed by atoms with van der Waals surface area (Å²) in [5, 5.41) is 24.9. The third kappa shape index (κ3) is 12.5. The summed E-state index contributed by atoms with van der Waals surface area (Å²) in [6.07, 6.45) is 4.90. The summed E-state index contributed by atoms with van der Waals surface area (Å²) in [6, 6.07) is 19.3. The first-order chi connectivity index (χ1) is 24.2. The molecule has 12 heteroatoms. The van der Waals surface area contributed by atoms with E-state index in [0.717, 1.165) is 54.4 Å². The van der Waals surface area contributed by atoms with Gasteiger partial charge < -0.3 is 29.7 Å². The molecule has 0 spiro atoms. The molecule has 4 rings (SSSR count). The van der Waals surface area contributed by atoms with Crippen LogP contribution in [-0.4, -0.2) is 47.9 Å². The molecule has 4 aromatic rings. The third-order valence-electron chi connectivity index (χ3n) is 7.87. The fourth-order valence-electron chi connectivity index (χ4n) is 5.41. The standard InChI is InChI=1S/C38H41F2NO8S/c39-38(40)49-33-12-5-4-10-27(33)24-41-37(46)30-21-29(28-17-20-50-25-28)22-31(23-30)47-18-6-2-1-3-9-26-11-7-13-34(32(26)15-16-36(44)45)48-19-8-14-35(42)43/h4-5,7,10-13,17,20-23,25,38H,1-3,6,8-9,14-16,18-19,24H2,(H,41,46)(H,42,43)(H,44,45). The van der Waals surface area contributed by atoms with E-state index >= 15 is 0 Å². The Labute approximate surface area is 293 Å². The van der Waals surface area contributed by atoms with Crippen molar-refractivity contribution in [2.45, 2.75) is 70.9 Å². The Balaban J connectivity index is 1.30. The van der Waals surface area contributed by atoms with Crippen LogP contribution in [0.4, 0.5) is 8.78 Å². The highest BCUT2D eigenvalue weighted by atomic mass is 32.1. The minimum Gasteiger partial charge on any atom is -0.494 e. The molecule has 3 aromatic carbocycles. The van der Waals surface area contributed by atoms with Crippen LogP contribution in [0.25, 0.3) is 11.1 Å². The van der Waals surface area contributed by atoms with E-state index < -0.39 is 18.6 Å². The van der Waals surface area contributed by atoms with Crippen molar-refractivity contribution in [2.24, 2.45) is 0 Å². The smallest absolute Gasteiger partial charge is 0.387 e. The predicted octanol–water partition coefficient (Wildman–Crippen LogP) is 8.39. The highest BCUT2D eigenvalue weighted by molar-refractivity contribution is 7.08. The number of rotatable bonds is 22. The Morgan fingerprint density at radius 2 is 1.48 bits per heavy atom. The molecule has 0 saturated heterocycles. The minimum atomic E-state index is -2.97. The van der Waals surface area contributed by atoms with E-state index in [1.54, 1.807) is 36.4 Å². The lowest BCUT2D eigenvalue weighted by Gasteiger charge is -2.15. The molecule has 0 aliphatic heterocycles. The van der Waals surface area contributed by atoms with E-state index in [2.05, 4.69) is 10.1 Å². The molecule has 0 aliphatic carbocycles. The van der Waals surface area contributed by atoms with Crippen molar-refractivity contribution in [1.82, 2.24) is 5.32 Å². The summed E-state index contributed by atoms with van der Waals surface area (Å²) < 4.78 is 42.2. The second-order valence-corrected chi connectivity index (χ2v) is 12.4. The molecule has 0 atom stereocenters. The van der Waals surface area contributed by atoms with Crippen LogP contribution in [0, 0.1) is 0 Å². The monoisotopic (exact) mass is 709 g/mol. The number of carboxylic acid groups (broad SMARTS) is 2. The maximum Gasteiger partial charge on any atom is 0.387 e. The zero-order valence-electron chi connectivity index (χ0n) is 27.6. The SMILES string of the molecule is O=C(O)CCCOc1cccc(CCCCCCOc2cc(C(=O)NCc3ccccc3OC(F)F)cc(-c3ccsc3)c2)c1CCC(=O)O. The van der Waals surface area contributed by atoms with Gasteiger partial charge in [-0.1, -0.05) is 43.2 Å². The van der Waals surface area contributed by atoms with E-state index in [1.807, 2.05) is 35.0 Å². The van der Waals surface area contributed by atoms with Crippen molar-refractivity contribution in [3.05, 3.63) is 99.7 Å². The lowest BCUT2D eigenvalue weighted by molar-refractivity contribution is -0.138. The number of ether oxygens (including phenoxy) is 3. The molecule has 3 N–H and O–H groups in total. The van der Waals surface area contributed by atoms with Gasteiger partial charge in [-0.15, -0.1) is 0 Å². The third-order valence-corrected chi connectivity index (χ3v) is 8.56. The van der Waals surface area contributed by atoms with Gasteiger partial charge in [-0.05, 0) is 102 Å². The average Bonchev–Trinajstić information content (AvgIpc) is 3.64. The molecule has 0 radical (unpaired) electrons. The molecule has 9 nitrogen and oxygen atoms in total. The van der Waals surface area contributed by atoms with E-state index in [0.29, 0.717) is 42.1 Å². The first kappa shape index (κ1) is 37.8. The van der Waals surface area contributed by atoms with Crippen LogP contribution in [0.2, 0.25) is 0 Å². The number of hydrogen-bond donors (Lipinski definition) is 3. The second kappa shape index (κ2) is 19.9. The van der Waals surface area contributed by atoms with Crippen LogP contribution >= 0.6 is 11.3 Å². The number of carbonyl (C=O) groups excluding carboxylic acids is 1. The van der Waals surface area contributed by atoms with Crippen LogP contribution in [0.5, 0.6) is 17.2 Å². The predicted molar refractivity (Wildman–Crippen MR) is 186 cm³/mol. The first-order valence-corrected chi connectivity index (χ1v) is 17.4. The quantitative estimate of drug-likeness (QED) is 0.0694. The Kier molecular flexibility index (Phi) is 15.0. The Morgan fingerprint density at radius 1 is 0.740 bits per heavy atom. The molecule has 266 valence electrons. The molecular weight excluding hydrogens is 668 g/mol. The lowest BCUT2D eigenvalue weighted by Crippen LogP contribution is -2.23. The number of nitrogens with one attached hydrogen (secondary N) is 1. The number of aryl methyl sites for hydroxylation is 1. The number of carbonyl (C=O) groups is 3. The van der Waals surface area contributed by atoms with Crippen molar-refractivity contribution in [3.63, 3.8) is 0 Å². The van der Waals surface area contributed by atoms with Crippen molar-refractivity contribution in [1.29, 1.82) is 0 Å². The number of benzene rings is 3. The van der Waals surface area contributed by atoms with E-state index in [9.17, 15) is 28.3 Å². The summed E-state index contributed by atoms with van der Waals surface area (Å²) in [4.78, 5) is 35.3. The number of aliphatic carboxylic acids is 2. The van der Waals surface area contributed by atoms with Crippen molar-refractivity contribution >= 4 is 29.2 Å². The molecule has 1 heterocycles. The number of carboxylic acids is 2. The maximum absolute atomic E-state index is 13.2. The van der Waals surface area contributed by atoms with Gasteiger partial charge in [0.15, 0.2) is 0 Å². The minimum absolute atomic E-state index is 0.00332. The Bertz CT molecular complexity index is 1700. The zero-order chi connectivity index (χ0) is 35.7. The summed E-state index contributed by atoms with van der Waals surface area (Å²) in [5.74, 6) is -1.01. The van der Waals surface area contributed by atoms with Gasteiger partial charge in [-0.2, -0.15) is 20.1 Å². The Hall–Kier alpha value is -4.97. The van der Waals surface area contributed by atoms with Gasteiger partial charge in [0.05, 0.1) is 13.2 Å². The second-order valence-electron chi connectivity index (χ2n) is 11.6. The fraction of sp³-hybridized carbons (Fsp3) is 0.342. The van der Waals surface area contributed by atoms with Crippen molar-refractivity contribution < 1.29 is 47.6 Å². The van der Waals surface area contributed by atoms with Crippen molar-refractivity contribution in [3.8, 4) is 28.4 Å². The number of unbranched alkanes of at least 4 members (excludes halogenated alkanes) is 3. The van der Waals surface area contributed by atoms with Crippen LogP contribution in [0.3, 0.4) is 0 Å². The normalized spacial score (nSPS) is 10.9. The van der Waals surface area contributed by atoms with Crippen LogP contribution < -0.4 is 19.5 Å². The van der Waals surface area contributed by atoms with E-state index in [1.165, 1.54) is 17.4 Å². The summed E-state index contributed by atoms with van der Waals surface area (Å²) in [7, 11) is 0. The maximum atomic E-state index is 13.2. The summed E-state index contributed by atoms with van der Waals surface area (Å²) in [5.41, 5.74) is 4.45. The van der Waals surface area contributed by atoms with Crippen LogP contribution in [0.15, 0.2) is 77.5 Å². The molecule has 0 bridgehead atoms. The lowest BCUT2D eigenvalue weighted by atomic mass is 9.97. The molecule has 50 heavy (non-hydrogen) atoms. The number of halogens is 2. The van der Waals surface area contributed by atoms with Gasteiger partial charge in [0, 0.05) is 30.5 Å². The van der Waals surface area contributed by atoms with Crippen LogP contribution in [0.1, 0.15) is 72.0 Å². The van der Waals surface area contributed by atoms with Crippen molar-refractivity contribution in [2.75, 3.05) is 13.2 Å². The topological polar surface area (TPSA) is 131 Å². The van der Waals surface area contributed by atoms with Gasteiger partial charge in [0.1, 0.15) is 17.2 Å². The first-order valence-electron chi connectivity index (χ1n) is 16.5. The molecule has 1 amide bonds. The molecular formula is C38H41F2NO8S. The highest BCUT2D eigenvalue weighted by Crippen LogP contribution is 2.29. The molecule has 1 aromatic heterocycles. The fourth-order valence-corrected chi connectivity index (χ4v) is 6.08. The number of thiophene rings is 1. The van der Waals surface area contributed by atoms with Crippen LogP contribution in [-0.2, 0) is 29.0 Å². The van der Waals surface area contributed by atoms with Gasteiger partial charge in [-0.3, -0.25) is 14.4 Å². The molecule has 0 fully saturated rings. The number of para-hydroxylation sites is 1. The number of alkyl halides is 2. The summed E-state index contributed by atoms with van der Waals surface area (Å²) in [6.45, 7) is -2.29. The largest absolute Gasteiger partial charge is 0.494 e. The zero-order valence-corrected chi connectivity index (χ0v) is 28.4. The van der Waals surface area contributed by atoms with Gasteiger partial charge >= 0.3 is 18.6 Å². The summed E-state index contributed by atoms with van der Waals surface area (Å²) >= 11 is 1.54. The van der Waals surface area contributed by atoms with E-state index in [-0.39, 0.29) is 37.6 Å². The average molecular weight is 710 g/mol. The Morgan fingerprint density at radius 3 is 2.24 bits per heavy atom. The molecule has 0 unspecified atom stereocenters. The number of amides is 1. The molecule has 0 aliphatic rings. The molecule has 0 saturated carbocycles. The van der Waals surface area contributed by atoms with Gasteiger partial charge in [0.25, 0.3) is 5.91 Å². The van der Waals surface area contributed by atoms with E-state index in [4.69, 9.17) is 14.6 Å². The highest BCUT2D eigenvalue weighted by Gasteiger charge is 2.15. The van der Waals surface area contributed by atoms with Gasteiger partial charge in [-0.25, -0.2) is 0 Å². The number of hydrogen-bond acceptors (Lipinski definition) is 7. The van der Waals surface area contributed by atoms with Gasteiger partial charge in [0.2, 0.25) is 0 Å².